The van der Waals surface area contributed by atoms with Crippen molar-refractivity contribution in [1.82, 2.24) is 5.32 Å². The van der Waals surface area contributed by atoms with Crippen LogP contribution in [0.15, 0.2) is 42.5 Å². The molecule has 0 unspecified atom stereocenters. The Bertz CT molecular complexity index is 560. The van der Waals surface area contributed by atoms with E-state index in [0.717, 1.165) is 24.6 Å². The third-order valence-corrected chi connectivity index (χ3v) is 3.33. The molecule has 2 aromatic carbocycles. The molecular weight excluding hydrogens is 232 g/mol. The van der Waals surface area contributed by atoms with Crippen molar-refractivity contribution < 1.29 is 8.78 Å². The van der Waals surface area contributed by atoms with E-state index in [9.17, 15) is 8.78 Å². The Morgan fingerprint density at radius 3 is 2.50 bits per heavy atom. The minimum atomic E-state index is -0.533. The molecule has 0 aromatic heterocycles. The van der Waals surface area contributed by atoms with Crippen LogP contribution in [0.3, 0.4) is 0 Å². The zero-order valence-electron chi connectivity index (χ0n) is 9.79. The Morgan fingerprint density at radius 1 is 1.00 bits per heavy atom. The number of halogens is 2. The van der Waals surface area contributed by atoms with Gasteiger partial charge in [0.15, 0.2) is 0 Å². The lowest BCUT2D eigenvalue weighted by atomic mass is 9.90. The van der Waals surface area contributed by atoms with E-state index in [1.165, 1.54) is 17.7 Å². The first-order chi connectivity index (χ1) is 8.74. The lowest BCUT2D eigenvalue weighted by Crippen LogP contribution is -2.30. The standard InChI is InChI=1S/C15H13F2N/c16-12-7-11(8-13(17)9-12)15-14-4-2-1-3-10(14)5-6-18-15/h1-4,7-9,15,18H,5-6H2/t15-/m1/s1. The summed E-state index contributed by atoms with van der Waals surface area (Å²) in [6, 6.07) is 11.6. The van der Waals surface area contributed by atoms with Crippen molar-refractivity contribution in [3.05, 3.63) is 70.8 Å². The van der Waals surface area contributed by atoms with Gasteiger partial charge >= 0.3 is 0 Å². The van der Waals surface area contributed by atoms with Crippen LogP contribution in [0.5, 0.6) is 0 Å². The molecule has 0 saturated heterocycles. The van der Waals surface area contributed by atoms with Crippen LogP contribution >= 0.6 is 0 Å². The molecule has 1 atom stereocenters. The summed E-state index contributed by atoms with van der Waals surface area (Å²) in [4.78, 5) is 0. The van der Waals surface area contributed by atoms with Gasteiger partial charge in [0.25, 0.3) is 0 Å². The summed E-state index contributed by atoms with van der Waals surface area (Å²) >= 11 is 0. The Labute approximate surface area is 104 Å². The molecule has 0 radical (unpaired) electrons. The number of hydrogen-bond acceptors (Lipinski definition) is 1. The van der Waals surface area contributed by atoms with Crippen LogP contribution in [0.25, 0.3) is 0 Å². The zero-order chi connectivity index (χ0) is 12.5. The van der Waals surface area contributed by atoms with Crippen LogP contribution in [0.4, 0.5) is 8.78 Å². The van der Waals surface area contributed by atoms with Gasteiger partial charge in [-0.3, -0.25) is 0 Å². The summed E-state index contributed by atoms with van der Waals surface area (Å²) in [6.07, 6.45) is 0.949. The first-order valence-electron chi connectivity index (χ1n) is 6.01. The second-order valence-electron chi connectivity index (χ2n) is 4.54. The van der Waals surface area contributed by atoms with Crippen LogP contribution < -0.4 is 5.32 Å². The summed E-state index contributed by atoms with van der Waals surface area (Å²) in [6.45, 7) is 0.819. The summed E-state index contributed by atoms with van der Waals surface area (Å²) < 4.78 is 26.6. The van der Waals surface area contributed by atoms with Crippen LogP contribution in [-0.4, -0.2) is 6.54 Å². The van der Waals surface area contributed by atoms with E-state index in [-0.39, 0.29) is 6.04 Å². The fourth-order valence-electron chi connectivity index (χ4n) is 2.54. The smallest absolute Gasteiger partial charge is 0.126 e. The molecule has 0 aliphatic carbocycles. The number of nitrogens with one attached hydrogen (secondary N) is 1. The maximum atomic E-state index is 13.3. The summed E-state index contributed by atoms with van der Waals surface area (Å²) in [5.74, 6) is -1.07. The summed E-state index contributed by atoms with van der Waals surface area (Å²) in [5, 5.41) is 3.31. The number of benzene rings is 2. The lowest BCUT2D eigenvalue weighted by Gasteiger charge is -2.27. The van der Waals surface area contributed by atoms with Crippen molar-refractivity contribution in [2.45, 2.75) is 12.5 Å². The van der Waals surface area contributed by atoms with Crippen molar-refractivity contribution in [3.63, 3.8) is 0 Å². The fourth-order valence-corrected chi connectivity index (χ4v) is 2.54. The largest absolute Gasteiger partial charge is 0.306 e. The molecule has 1 aliphatic heterocycles. The fraction of sp³-hybridized carbons (Fsp3) is 0.200. The van der Waals surface area contributed by atoms with Crippen molar-refractivity contribution in [2.24, 2.45) is 0 Å². The van der Waals surface area contributed by atoms with Gasteiger partial charge in [0.05, 0.1) is 6.04 Å². The number of fused-ring (bicyclic) bond motifs is 1. The quantitative estimate of drug-likeness (QED) is 0.813. The maximum absolute atomic E-state index is 13.3. The Morgan fingerprint density at radius 2 is 1.72 bits per heavy atom. The highest BCUT2D eigenvalue weighted by Crippen LogP contribution is 2.29. The first kappa shape index (κ1) is 11.4. The minimum Gasteiger partial charge on any atom is -0.306 e. The highest BCUT2D eigenvalue weighted by molar-refractivity contribution is 5.39. The molecule has 0 spiro atoms. The number of rotatable bonds is 1. The van der Waals surface area contributed by atoms with E-state index < -0.39 is 11.6 Å². The molecule has 1 aliphatic rings. The van der Waals surface area contributed by atoms with E-state index in [2.05, 4.69) is 11.4 Å². The van der Waals surface area contributed by atoms with E-state index in [1.807, 2.05) is 18.2 Å². The summed E-state index contributed by atoms with van der Waals surface area (Å²) in [5.41, 5.74) is 2.99. The minimum absolute atomic E-state index is 0.125. The SMILES string of the molecule is Fc1cc(F)cc([C@H]2NCCc3ccccc32)c1. The van der Waals surface area contributed by atoms with Crippen molar-refractivity contribution in [2.75, 3.05) is 6.54 Å². The van der Waals surface area contributed by atoms with Gasteiger partial charge in [-0.15, -0.1) is 0 Å². The number of hydrogen-bond donors (Lipinski definition) is 1. The zero-order valence-corrected chi connectivity index (χ0v) is 9.79. The van der Waals surface area contributed by atoms with E-state index >= 15 is 0 Å². The van der Waals surface area contributed by atoms with Gasteiger partial charge < -0.3 is 5.32 Å². The molecule has 1 nitrogen and oxygen atoms in total. The van der Waals surface area contributed by atoms with Gasteiger partial charge in [-0.25, -0.2) is 8.78 Å². The molecule has 0 fully saturated rings. The summed E-state index contributed by atoms with van der Waals surface area (Å²) in [7, 11) is 0. The van der Waals surface area contributed by atoms with Gasteiger partial charge in [-0.2, -0.15) is 0 Å². The third-order valence-electron chi connectivity index (χ3n) is 3.33. The van der Waals surface area contributed by atoms with Crippen molar-refractivity contribution in [3.8, 4) is 0 Å². The van der Waals surface area contributed by atoms with Crippen LogP contribution in [-0.2, 0) is 6.42 Å². The average molecular weight is 245 g/mol. The average Bonchev–Trinajstić information content (AvgIpc) is 2.37. The van der Waals surface area contributed by atoms with Crippen LogP contribution in [0.2, 0.25) is 0 Å². The van der Waals surface area contributed by atoms with Crippen molar-refractivity contribution >= 4 is 0 Å². The predicted octanol–water partition coefficient (Wildman–Crippen LogP) is 3.20. The van der Waals surface area contributed by atoms with Gasteiger partial charge in [-0.1, -0.05) is 24.3 Å². The normalized spacial score (nSPS) is 18.4. The van der Waals surface area contributed by atoms with Gasteiger partial charge in [0.1, 0.15) is 11.6 Å². The second-order valence-corrected chi connectivity index (χ2v) is 4.54. The van der Waals surface area contributed by atoms with Crippen LogP contribution in [0, 0.1) is 11.6 Å². The maximum Gasteiger partial charge on any atom is 0.126 e. The Hall–Kier alpha value is -1.74. The molecular formula is C15H13F2N. The van der Waals surface area contributed by atoms with E-state index in [1.54, 1.807) is 0 Å². The van der Waals surface area contributed by atoms with E-state index in [4.69, 9.17) is 0 Å². The monoisotopic (exact) mass is 245 g/mol. The molecule has 2 aromatic rings. The van der Waals surface area contributed by atoms with Gasteiger partial charge in [0, 0.05) is 12.6 Å². The Kier molecular flexibility index (Phi) is 2.84. The van der Waals surface area contributed by atoms with Gasteiger partial charge in [-0.05, 0) is 35.2 Å². The van der Waals surface area contributed by atoms with Crippen molar-refractivity contribution in [1.29, 1.82) is 0 Å². The predicted molar refractivity (Wildman–Crippen MR) is 66.3 cm³/mol. The molecule has 3 rings (SSSR count). The molecule has 92 valence electrons. The third kappa shape index (κ3) is 2.02. The molecule has 18 heavy (non-hydrogen) atoms. The first-order valence-corrected chi connectivity index (χ1v) is 6.01. The highest BCUT2D eigenvalue weighted by atomic mass is 19.1. The van der Waals surface area contributed by atoms with Gasteiger partial charge in [0.2, 0.25) is 0 Å². The Balaban J connectivity index is 2.08. The van der Waals surface area contributed by atoms with E-state index in [0.29, 0.717) is 5.56 Å². The topological polar surface area (TPSA) is 12.0 Å². The lowest BCUT2D eigenvalue weighted by molar-refractivity contribution is 0.544. The molecule has 1 N–H and O–H groups in total. The second kappa shape index (κ2) is 4.50. The molecule has 0 amide bonds. The molecule has 1 heterocycles. The molecule has 0 saturated carbocycles. The highest BCUT2D eigenvalue weighted by Gasteiger charge is 2.21. The van der Waals surface area contributed by atoms with Crippen LogP contribution in [0.1, 0.15) is 22.7 Å². The molecule has 0 bridgehead atoms. The molecule has 3 heteroatoms.